The predicted molar refractivity (Wildman–Crippen MR) is 84.9 cm³/mol. The van der Waals surface area contributed by atoms with Crippen LogP contribution in [0.1, 0.15) is 17.2 Å². The molecule has 2 aromatic carbocycles. The van der Waals surface area contributed by atoms with Crippen molar-refractivity contribution < 1.29 is 5.11 Å². The zero-order valence-corrected chi connectivity index (χ0v) is 12.2. The number of nitriles is 2. The number of hydrogen-bond acceptors (Lipinski definition) is 4. The molecule has 0 fully saturated rings. The van der Waals surface area contributed by atoms with E-state index in [1.165, 1.54) is 6.20 Å². The van der Waals surface area contributed by atoms with E-state index in [4.69, 9.17) is 22.1 Å². The fourth-order valence-corrected chi connectivity index (χ4v) is 2.12. The maximum Gasteiger partial charge on any atom is 0.145 e. The molecule has 4 nitrogen and oxygen atoms in total. The van der Waals surface area contributed by atoms with Crippen LogP contribution < -0.4 is 5.32 Å². The van der Waals surface area contributed by atoms with Crippen LogP contribution in [0.25, 0.3) is 0 Å². The molecule has 2 N–H and O–H groups in total. The number of nitrogens with one attached hydrogen (secondary N) is 1. The minimum absolute atomic E-state index is 0.0693. The molecule has 0 saturated heterocycles. The Morgan fingerprint density at radius 1 is 1.14 bits per heavy atom. The smallest absolute Gasteiger partial charge is 0.145 e. The monoisotopic (exact) mass is 309 g/mol. The normalized spacial score (nSPS) is 10.9. The number of aliphatic hydroxyl groups is 1. The highest BCUT2D eigenvalue weighted by molar-refractivity contribution is 6.30. The maximum absolute atomic E-state index is 10.5. The van der Waals surface area contributed by atoms with E-state index in [-0.39, 0.29) is 5.57 Å². The van der Waals surface area contributed by atoms with Gasteiger partial charge in [0.25, 0.3) is 0 Å². The zero-order chi connectivity index (χ0) is 15.9. The Kier molecular flexibility index (Phi) is 5.16. The Morgan fingerprint density at radius 3 is 2.45 bits per heavy atom. The lowest BCUT2D eigenvalue weighted by molar-refractivity contribution is 0.221. The SMILES string of the molecule is N#CC(C#N)=CNc1cc(Cl)ccc1C(O)c1ccccc1. The van der Waals surface area contributed by atoms with Crippen LogP contribution in [0.3, 0.4) is 0 Å². The molecule has 0 amide bonds. The minimum Gasteiger partial charge on any atom is -0.384 e. The summed E-state index contributed by atoms with van der Waals surface area (Å²) in [6.07, 6.45) is 0.439. The van der Waals surface area contributed by atoms with Gasteiger partial charge in [0.1, 0.15) is 23.8 Å². The summed E-state index contributed by atoms with van der Waals surface area (Å²) < 4.78 is 0. The first-order valence-electron chi connectivity index (χ1n) is 6.45. The van der Waals surface area contributed by atoms with Gasteiger partial charge in [0.2, 0.25) is 0 Å². The van der Waals surface area contributed by atoms with Crippen molar-refractivity contribution in [1.82, 2.24) is 0 Å². The van der Waals surface area contributed by atoms with Gasteiger partial charge in [-0.05, 0) is 17.7 Å². The molecule has 0 aliphatic carbocycles. The van der Waals surface area contributed by atoms with Crippen LogP contribution in [0, 0.1) is 22.7 Å². The molecular formula is C17H12ClN3O. The molecule has 2 aromatic rings. The molecule has 0 aromatic heterocycles. The van der Waals surface area contributed by atoms with Crippen molar-refractivity contribution in [1.29, 1.82) is 10.5 Å². The number of anilines is 1. The third-order valence-corrected chi connectivity index (χ3v) is 3.27. The maximum atomic E-state index is 10.5. The Hall–Kier alpha value is -2.79. The van der Waals surface area contributed by atoms with Crippen LogP contribution in [-0.2, 0) is 0 Å². The van der Waals surface area contributed by atoms with E-state index in [9.17, 15) is 5.11 Å². The van der Waals surface area contributed by atoms with Crippen LogP contribution in [0.4, 0.5) is 5.69 Å². The number of nitrogens with zero attached hydrogens (tertiary/aromatic N) is 2. The Balaban J connectivity index is 2.39. The van der Waals surface area contributed by atoms with Gasteiger partial charge >= 0.3 is 0 Å². The molecule has 108 valence electrons. The highest BCUT2D eigenvalue weighted by Gasteiger charge is 2.14. The van der Waals surface area contributed by atoms with E-state index in [2.05, 4.69) is 5.32 Å². The average Bonchev–Trinajstić information content (AvgIpc) is 2.56. The summed E-state index contributed by atoms with van der Waals surface area (Å²) in [5.41, 5.74) is 1.80. The van der Waals surface area contributed by atoms with E-state index in [1.54, 1.807) is 30.3 Å². The molecule has 0 heterocycles. The van der Waals surface area contributed by atoms with Crippen molar-refractivity contribution in [3.05, 3.63) is 76.5 Å². The minimum atomic E-state index is -0.845. The van der Waals surface area contributed by atoms with Crippen molar-refractivity contribution in [2.24, 2.45) is 0 Å². The van der Waals surface area contributed by atoms with Crippen molar-refractivity contribution in [2.75, 3.05) is 5.32 Å². The second-order valence-corrected chi connectivity index (χ2v) is 4.91. The lowest BCUT2D eigenvalue weighted by Crippen LogP contribution is -2.04. The number of benzene rings is 2. The van der Waals surface area contributed by atoms with Crippen LogP contribution in [-0.4, -0.2) is 5.11 Å². The standard InChI is InChI=1S/C17H12ClN3O/c18-14-6-7-15(17(22)13-4-2-1-3-5-13)16(8-14)21-11-12(9-19)10-20/h1-8,11,17,21-22H. The van der Waals surface area contributed by atoms with Gasteiger partial charge in [-0.2, -0.15) is 10.5 Å². The van der Waals surface area contributed by atoms with E-state index in [0.29, 0.717) is 16.3 Å². The molecule has 0 aliphatic heterocycles. The second kappa shape index (κ2) is 7.28. The molecular weight excluding hydrogens is 298 g/mol. The molecule has 1 atom stereocenters. The molecule has 0 spiro atoms. The van der Waals surface area contributed by atoms with Gasteiger partial charge in [0, 0.05) is 22.5 Å². The number of halogens is 1. The Bertz CT molecular complexity index is 757. The third kappa shape index (κ3) is 3.65. The van der Waals surface area contributed by atoms with Crippen LogP contribution in [0.2, 0.25) is 5.02 Å². The average molecular weight is 310 g/mol. The van der Waals surface area contributed by atoms with E-state index >= 15 is 0 Å². The summed E-state index contributed by atoms with van der Waals surface area (Å²) in [5.74, 6) is 0. The Morgan fingerprint density at radius 2 is 1.82 bits per heavy atom. The summed E-state index contributed by atoms with van der Waals surface area (Å²) >= 11 is 5.98. The second-order valence-electron chi connectivity index (χ2n) is 4.47. The molecule has 1 unspecified atom stereocenters. The van der Waals surface area contributed by atoms with Crippen molar-refractivity contribution >= 4 is 17.3 Å². The summed E-state index contributed by atoms with van der Waals surface area (Å²) in [4.78, 5) is 0. The first-order valence-corrected chi connectivity index (χ1v) is 6.83. The number of hydrogen-bond donors (Lipinski definition) is 2. The molecule has 0 aliphatic rings. The molecule has 5 heteroatoms. The number of aliphatic hydroxyl groups excluding tert-OH is 1. The summed E-state index contributed by atoms with van der Waals surface area (Å²) in [6, 6.07) is 17.7. The van der Waals surface area contributed by atoms with Gasteiger partial charge < -0.3 is 10.4 Å². The van der Waals surface area contributed by atoms with E-state index < -0.39 is 6.10 Å². The van der Waals surface area contributed by atoms with Crippen molar-refractivity contribution in [3.8, 4) is 12.1 Å². The lowest BCUT2D eigenvalue weighted by atomic mass is 10.00. The van der Waals surface area contributed by atoms with Gasteiger partial charge in [0.15, 0.2) is 0 Å². The fraction of sp³-hybridized carbons (Fsp3) is 0.0588. The van der Waals surface area contributed by atoms with Crippen LogP contribution in [0.15, 0.2) is 60.3 Å². The predicted octanol–water partition coefficient (Wildman–Crippen LogP) is 3.76. The summed E-state index contributed by atoms with van der Waals surface area (Å²) in [5, 5.41) is 31.4. The summed E-state index contributed by atoms with van der Waals surface area (Å²) in [6.45, 7) is 0. The molecule has 0 saturated carbocycles. The van der Waals surface area contributed by atoms with Gasteiger partial charge in [-0.25, -0.2) is 0 Å². The van der Waals surface area contributed by atoms with Crippen LogP contribution in [0.5, 0.6) is 0 Å². The number of rotatable bonds is 4. The first kappa shape index (κ1) is 15.6. The van der Waals surface area contributed by atoms with Crippen LogP contribution >= 0.6 is 11.6 Å². The van der Waals surface area contributed by atoms with Crippen molar-refractivity contribution in [2.45, 2.75) is 6.10 Å². The third-order valence-electron chi connectivity index (χ3n) is 3.04. The van der Waals surface area contributed by atoms with E-state index in [0.717, 1.165) is 5.56 Å². The first-order chi connectivity index (χ1) is 10.7. The highest BCUT2D eigenvalue weighted by atomic mass is 35.5. The highest BCUT2D eigenvalue weighted by Crippen LogP contribution is 2.30. The number of allylic oxidation sites excluding steroid dienone is 1. The summed E-state index contributed by atoms with van der Waals surface area (Å²) in [7, 11) is 0. The fourth-order valence-electron chi connectivity index (χ4n) is 1.95. The molecule has 0 radical (unpaired) electrons. The topological polar surface area (TPSA) is 79.8 Å². The van der Waals surface area contributed by atoms with E-state index in [1.807, 2.05) is 30.3 Å². The van der Waals surface area contributed by atoms with Crippen molar-refractivity contribution in [3.63, 3.8) is 0 Å². The van der Waals surface area contributed by atoms with Gasteiger partial charge in [-0.15, -0.1) is 0 Å². The van der Waals surface area contributed by atoms with Gasteiger partial charge in [0.05, 0.1) is 0 Å². The Labute approximate surface area is 133 Å². The molecule has 22 heavy (non-hydrogen) atoms. The van der Waals surface area contributed by atoms with Gasteiger partial charge in [-0.1, -0.05) is 48.0 Å². The largest absolute Gasteiger partial charge is 0.384 e. The molecule has 2 rings (SSSR count). The quantitative estimate of drug-likeness (QED) is 0.843. The van der Waals surface area contributed by atoms with Gasteiger partial charge in [-0.3, -0.25) is 0 Å². The lowest BCUT2D eigenvalue weighted by Gasteiger charge is -2.16. The molecule has 0 bridgehead atoms. The zero-order valence-electron chi connectivity index (χ0n) is 11.5.